The van der Waals surface area contributed by atoms with Crippen LogP contribution in [0.1, 0.15) is 6.42 Å². The van der Waals surface area contributed by atoms with Gasteiger partial charge in [0, 0.05) is 22.6 Å². The molecule has 0 saturated heterocycles. The number of nitrogens with zero attached hydrogens (tertiary/aromatic N) is 2. The molecule has 90 valence electrons. The quantitative estimate of drug-likeness (QED) is 0.857. The zero-order valence-corrected chi connectivity index (χ0v) is 12.0. The van der Waals surface area contributed by atoms with Crippen LogP contribution < -0.4 is 5.32 Å². The number of thioether (sulfide) groups is 1. The lowest BCUT2D eigenvalue weighted by Crippen LogP contribution is -2.06. The first-order chi connectivity index (χ1) is 8.31. The Hall–Kier alpha value is -0.810. The molecule has 0 aliphatic carbocycles. The predicted octanol–water partition coefficient (Wildman–Crippen LogP) is 3.56. The van der Waals surface area contributed by atoms with Crippen molar-refractivity contribution >= 4 is 44.5 Å². The maximum atomic E-state index is 4.47. The van der Waals surface area contributed by atoms with Gasteiger partial charge in [-0.05, 0) is 30.6 Å². The van der Waals surface area contributed by atoms with Crippen LogP contribution in [0.2, 0.25) is 0 Å². The summed E-state index contributed by atoms with van der Waals surface area (Å²) in [6.07, 6.45) is 5.09. The molecule has 0 bridgehead atoms. The zero-order valence-electron chi connectivity index (χ0n) is 9.61. The van der Waals surface area contributed by atoms with Crippen molar-refractivity contribution < 1.29 is 0 Å². The Bertz CT molecular complexity index is 504. The van der Waals surface area contributed by atoms with Crippen molar-refractivity contribution in [2.75, 3.05) is 23.9 Å². The van der Waals surface area contributed by atoms with E-state index in [-0.39, 0.29) is 0 Å². The van der Waals surface area contributed by atoms with Crippen molar-refractivity contribution in [3.05, 3.63) is 28.9 Å². The van der Waals surface area contributed by atoms with Crippen LogP contribution in [0.25, 0.3) is 10.9 Å². The maximum absolute atomic E-state index is 4.47. The molecule has 3 nitrogen and oxygen atoms in total. The summed E-state index contributed by atoms with van der Waals surface area (Å²) in [7, 11) is 0. The standard InChI is InChI=1S/C12H14BrN3S/c1-17-7-3-6-14-12-15-8-9-10(13)4-2-5-11(9)16-12/h2,4-5,8H,3,6-7H2,1H3,(H,14,15,16). The molecule has 0 radical (unpaired) electrons. The van der Waals surface area contributed by atoms with Crippen LogP contribution >= 0.6 is 27.7 Å². The SMILES string of the molecule is CSCCCNc1ncc2c(Br)cccc2n1. The fraction of sp³-hybridized carbons (Fsp3) is 0.333. The van der Waals surface area contributed by atoms with E-state index >= 15 is 0 Å². The van der Waals surface area contributed by atoms with E-state index in [1.54, 1.807) is 0 Å². The molecule has 5 heteroatoms. The number of anilines is 1. The number of fused-ring (bicyclic) bond motifs is 1. The van der Waals surface area contributed by atoms with Crippen molar-refractivity contribution in [1.29, 1.82) is 0 Å². The topological polar surface area (TPSA) is 37.8 Å². The van der Waals surface area contributed by atoms with Crippen LogP contribution in [0.3, 0.4) is 0 Å². The van der Waals surface area contributed by atoms with E-state index in [9.17, 15) is 0 Å². The first-order valence-electron chi connectivity index (χ1n) is 5.45. The minimum atomic E-state index is 0.705. The second-order valence-electron chi connectivity index (χ2n) is 3.64. The van der Waals surface area contributed by atoms with Crippen molar-refractivity contribution in [2.45, 2.75) is 6.42 Å². The van der Waals surface area contributed by atoms with E-state index in [2.05, 4.69) is 37.5 Å². The summed E-state index contributed by atoms with van der Waals surface area (Å²) in [6, 6.07) is 5.98. The van der Waals surface area contributed by atoms with Crippen LogP contribution in [-0.4, -0.2) is 28.5 Å². The van der Waals surface area contributed by atoms with Gasteiger partial charge in [-0.1, -0.05) is 22.0 Å². The van der Waals surface area contributed by atoms with Gasteiger partial charge in [-0.3, -0.25) is 0 Å². The van der Waals surface area contributed by atoms with Gasteiger partial charge >= 0.3 is 0 Å². The lowest BCUT2D eigenvalue weighted by atomic mass is 10.2. The molecule has 0 unspecified atom stereocenters. The van der Waals surface area contributed by atoms with Gasteiger partial charge in [-0.25, -0.2) is 9.97 Å². The number of benzene rings is 1. The predicted molar refractivity (Wildman–Crippen MR) is 78.7 cm³/mol. The number of aromatic nitrogens is 2. The molecule has 0 aliphatic rings. The number of halogens is 1. The zero-order chi connectivity index (χ0) is 12.1. The Labute approximate surface area is 114 Å². The smallest absolute Gasteiger partial charge is 0.223 e. The van der Waals surface area contributed by atoms with Crippen LogP contribution in [0.5, 0.6) is 0 Å². The minimum Gasteiger partial charge on any atom is -0.354 e. The highest BCUT2D eigenvalue weighted by molar-refractivity contribution is 9.10. The van der Waals surface area contributed by atoms with E-state index in [1.807, 2.05) is 36.2 Å². The molecule has 2 rings (SSSR count). The third kappa shape index (κ3) is 3.33. The Balaban J connectivity index is 2.10. The molecule has 1 aromatic heterocycles. The molecule has 0 amide bonds. The average molecular weight is 312 g/mol. The van der Waals surface area contributed by atoms with Gasteiger partial charge in [-0.2, -0.15) is 11.8 Å². The van der Waals surface area contributed by atoms with Gasteiger partial charge in [0.2, 0.25) is 5.95 Å². The molecule has 1 aromatic carbocycles. The number of hydrogen-bond acceptors (Lipinski definition) is 4. The van der Waals surface area contributed by atoms with Crippen LogP contribution in [0.4, 0.5) is 5.95 Å². The third-order valence-corrected chi connectivity index (χ3v) is 3.77. The summed E-state index contributed by atoms with van der Waals surface area (Å²) in [5.74, 6) is 1.86. The molecular weight excluding hydrogens is 298 g/mol. The van der Waals surface area contributed by atoms with Gasteiger partial charge in [0.25, 0.3) is 0 Å². The fourth-order valence-corrected chi connectivity index (χ4v) is 2.41. The molecule has 0 spiro atoms. The number of nitrogens with one attached hydrogen (secondary N) is 1. The highest BCUT2D eigenvalue weighted by Gasteiger charge is 2.01. The van der Waals surface area contributed by atoms with Crippen molar-refractivity contribution in [2.24, 2.45) is 0 Å². The van der Waals surface area contributed by atoms with Crippen LogP contribution in [-0.2, 0) is 0 Å². The summed E-state index contributed by atoms with van der Waals surface area (Å²) in [4.78, 5) is 8.78. The highest BCUT2D eigenvalue weighted by atomic mass is 79.9. The van der Waals surface area contributed by atoms with Gasteiger partial charge in [0.15, 0.2) is 0 Å². The van der Waals surface area contributed by atoms with Gasteiger partial charge in [0.1, 0.15) is 0 Å². The summed E-state index contributed by atoms with van der Waals surface area (Å²) >= 11 is 5.35. The van der Waals surface area contributed by atoms with Crippen LogP contribution in [0, 0.1) is 0 Å². The van der Waals surface area contributed by atoms with E-state index in [0.29, 0.717) is 5.95 Å². The molecule has 0 atom stereocenters. The van der Waals surface area contributed by atoms with Crippen molar-refractivity contribution in [3.63, 3.8) is 0 Å². The Morgan fingerprint density at radius 3 is 3.12 bits per heavy atom. The fourth-order valence-electron chi connectivity index (χ4n) is 1.52. The Morgan fingerprint density at radius 2 is 2.29 bits per heavy atom. The monoisotopic (exact) mass is 311 g/mol. The molecular formula is C12H14BrN3S. The lowest BCUT2D eigenvalue weighted by Gasteiger charge is -2.05. The number of hydrogen-bond donors (Lipinski definition) is 1. The highest BCUT2D eigenvalue weighted by Crippen LogP contribution is 2.22. The molecule has 1 N–H and O–H groups in total. The maximum Gasteiger partial charge on any atom is 0.223 e. The van der Waals surface area contributed by atoms with E-state index in [4.69, 9.17) is 0 Å². The number of rotatable bonds is 5. The van der Waals surface area contributed by atoms with Crippen LogP contribution in [0.15, 0.2) is 28.9 Å². The molecule has 2 aromatic rings. The second kappa shape index (κ2) is 6.21. The van der Waals surface area contributed by atoms with Gasteiger partial charge in [0.05, 0.1) is 5.52 Å². The van der Waals surface area contributed by atoms with Crippen molar-refractivity contribution in [1.82, 2.24) is 9.97 Å². The molecule has 17 heavy (non-hydrogen) atoms. The Kier molecular flexibility index (Phi) is 4.62. The van der Waals surface area contributed by atoms with Crippen molar-refractivity contribution in [3.8, 4) is 0 Å². The first-order valence-corrected chi connectivity index (χ1v) is 7.64. The minimum absolute atomic E-state index is 0.705. The normalized spacial score (nSPS) is 10.7. The van der Waals surface area contributed by atoms with E-state index < -0.39 is 0 Å². The third-order valence-electron chi connectivity index (χ3n) is 2.38. The first kappa shape index (κ1) is 12.6. The molecule has 0 saturated carbocycles. The molecule has 0 aliphatic heterocycles. The molecule has 1 heterocycles. The summed E-state index contributed by atoms with van der Waals surface area (Å²) in [5.41, 5.74) is 0.960. The molecule has 0 fully saturated rings. The summed E-state index contributed by atoms with van der Waals surface area (Å²) in [5, 5.41) is 4.28. The lowest BCUT2D eigenvalue weighted by molar-refractivity contribution is 0.968. The van der Waals surface area contributed by atoms with E-state index in [1.165, 1.54) is 0 Å². The Morgan fingerprint density at radius 1 is 1.41 bits per heavy atom. The van der Waals surface area contributed by atoms with E-state index in [0.717, 1.165) is 34.1 Å². The summed E-state index contributed by atoms with van der Waals surface area (Å²) < 4.78 is 1.03. The van der Waals surface area contributed by atoms with Gasteiger partial charge < -0.3 is 5.32 Å². The summed E-state index contributed by atoms with van der Waals surface area (Å²) in [6.45, 7) is 0.917. The average Bonchev–Trinajstić information content (AvgIpc) is 2.35. The second-order valence-corrected chi connectivity index (χ2v) is 5.48. The largest absolute Gasteiger partial charge is 0.354 e. The van der Waals surface area contributed by atoms with Gasteiger partial charge in [-0.15, -0.1) is 0 Å².